The van der Waals surface area contributed by atoms with E-state index < -0.39 is 0 Å². The van der Waals surface area contributed by atoms with E-state index in [2.05, 4.69) is 21.5 Å². The molecule has 0 N–H and O–H groups in total. The molecule has 3 rings (SSSR count). The van der Waals surface area contributed by atoms with Gasteiger partial charge in [0.05, 0.1) is 18.7 Å². The van der Waals surface area contributed by atoms with E-state index >= 15 is 0 Å². The second-order valence-electron chi connectivity index (χ2n) is 4.67. The van der Waals surface area contributed by atoms with Gasteiger partial charge in [-0.2, -0.15) is 10.1 Å². The predicted octanol–water partition coefficient (Wildman–Crippen LogP) is 2.19. The third kappa shape index (κ3) is 2.65. The van der Waals surface area contributed by atoms with E-state index in [4.69, 9.17) is 10.00 Å². The summed E-state index contributed by atoms with van der Waals surface area (Å²) in [5, 5.41) is 20.9. The Morgan fingerprint density at radius 3 is 2.18 bits per heavy atom. The van der Waals surface area contributed by atoms with Crippen LogP contribution in [-0.4, -0.2) is 27.3 Å². The highest BCUT2D eigenvalue weighted by molar-refractivity contribution is 5.39. The first-order chi connectivity index (χ1) is 10.8. The molecule has 0 saturated carbocycles. The van der Waals surface area contributed by atoms with Gasteiger partial charge < -0.3 is 4.74 Å². The fraction of sp³-hybridized carbons (Fsp3) is 0.125. The van der Waals surface area contributed by atoms with Crippen molar-refractivity contribution in [2.75, 3.05) is 7.11 Å². The molecule has 0 amide bonds. The van der Waals surface area contributed by atoms with Crippen LogP contribution in [0.4, 0.5) is 0 Å². The number of aromatic nitrogens is 4. The second kappa shape index (κ2) is 6.06. The SMILES string of the molecule is COc1ccc(C(c2ccc(C#N)cc2)n2ncnn2)cc1. The molecular weight excluding hydrogens is 278 g/mol. The third-order valence-electron chi connectivity index (χ3n) is 3.38. The molecule has 0 spiro atoms. The van der Waals surface area contributed by atoms with Crippen LogP contribution in [0.3, 0.4) is 0 Å². The Morgan fingerprint density at radius 1 is 1.05 bits per heavy atom. The van der Waals surface area contributed by atoms with Crippen molar-refractivity contribution < 1.29 is 4.74 Å². The number of ether oxygens (including phenoxy) is 1. The topological polar surface area (TPSA) is 76.6 Å². The lowest BCUT2D eigenvalue weighted by atomic mass is 9.98. The van der Waals surface area contributed by atoms with Gasteiger partial charge in [0.25, 0.3) is 0 Å². The van der Waals surface area contributed by atoms with Crippen molar-refractivity contribution in [1.29, 1.82) is 5.26 Å². The number of hydrogen-bond donors (Lipinski definition) is 0. The largest absolute Gasteiger partial charge is 0.497 e. The van der Waals surface area contributed by atoms with Crippen LogP contribution in [0.2, 0.25) is 0 Å². The summed E-state index contributed by atoms with van der Waals surface area (Å²) in [5.41, 5.74) is 2.59. The van der Waals surface area contributed by atoms with Gasteiger partial charge in [0, 0.05) is 0 Å². The predicted molar refractivity (Wildman–Crippen MR) is 79.2 cm³/mol. The lowest BCUT2D eigenvalue weighted by molar-refractivity contribution is 0.414. The summed E-state index contributed by atoms with van der Waals surface area (Å²) in [6, 6.07) is 17.0. The first kappa shape index (κ1) is 13.8. The lowest BCUT2D eigenvalue weighted by Crippen LogP contribution is -2.15. The fourth-order valence-electron chi connectivity index (χ4n) is 2.28. The average Bonchev–Trinajstić information content (AvgIpc) is 3.10. The number of nitrogens with zero attached hydrogens (tertiary/aromatic N) is 5. The van der Waals surface area contributed by atoms with Crippen LogP contribution in [0.5, 0.6) is 5.75 Å². The van der Waals surface area contributed by atoms with Gasteiger partial charge in [0.15, 0.2) is 6.33 Å². The first-order valence-corrected chi connectivity index (χ1v) is 6.68. The van der Waals surface area contributed by atoms with E-state index in [1.54, 1.807) is 24.0 Å². The maximum Gasteiger partial charge on any atom is 0.162 e. The highest BCUT2D eigenvalue weighted by atomic mass is 16.5. The van der Waals surface area contributed by atoms with Gasteiger partial charge in [-0.25, -0.2) is 0 Å². The van der Waals surface area contributed by atoms with E-state index in [1.165, 1.54) is 6.33 Å². The zero-order valence-corrected chi connectivity index (χ0v) is 11.9. The molecule has 0 saturated heterocycles. The average molecular weight is 291 g/mol. The molecule has 6 nitrogen and oxygen atoms in total. The molecule has 1 aromatic heterocycles. The Labute approximate surface area is 127 Å². The van der Waals surface area contributed by atoms with E-state index in [9.17, 15) is 0 Å². The van der Waals surface area contributed by atoms with E-state index in [0.29, 0.717) is 5.56 Å². The summed E-state index contributed by atoms with van der Waals surface area (Å²) in [4.78, 5) is 1.54. The summed E-state index contributed by atoms with van der Waals surface area (Å²) in [5.74, 6) is 0.786. The van der Waals surface area contributed by atoms with Gasteiger partial charge in [-0.1, -0.05) is 24.3 Å². The summed E-state index contributed by atoms with van der Waals surface area (Å²) in [6.07, 6.45) is 1.40. The molecular formula is C16H13N5O. The number of benzene rings is 2. The summed E-state index contributed by atoms with van der Waals surface area (Å²) >= 11 is 0. The Morgan fingerprint density at radius 2 is 1.68 bits per heavy atom. The number of nitriles is 1. The normalized spacial score (nSPS) is 11.6. The molecule has 2 aromatic carbocycles. The van der Waals surface area contributed by atoms with Crippen LogP contribution in [0.25, 0.3) is 0 Å². The van der Waals surface area contributed by atoms with Crippen molar-refractivity contribution >= 4 is 0 Å². The van der Waals surface area contributed by atoms with Crippen LogP contribution < -0.4 is 4.74 Å². The molecule has 1 heterocycles. The number of hydrogen-bond acceptors (Lipinski definition) is 5. The molecule has 6 heteroatoms. The van der Waals surface area contributed by atoms with E-state index in [-0.39, 0.29) is 6.04 Å². The van der Waals surface area contributed by atoms with Crippen molar-refractivity contribution in [3.05, 3.63) is 71.5 Å². The smallest absolute Gasteiger partial charge is 0.162 e. The number of methoxy groups -OCH3 is 1. The summed E-state index contributed by atoms with van der Waals surface area (Å²) < 4.78 is 5.19. The van der Waals surface area contributed by atoms with Gasteiger partial charge in [-0.15, -0.1) is 10.2 Å². The van der Waals surface area contributed by atoms with E-state index in [0.717, 1.165) is 16.9 Å². The first-order valence-electron chi connectivity index (χ1n) is 6.68. The molecule has 0 radical (unpaired) electrons. The Hall–Kier alpha value is -3.20. The van der Waals surface area contributed by atoms with Crippen molar-refractivity contribution in [3.63, 3.8) is 0 Å². The monoisotopic (exact) mass is 291 g/mol. The zero-order valence-electron chi connectivity index (χ0n) is 11.9. The Bertz CT molecular complexity index is 773. The summed E-state index contributed by atoms with van der Waals surface area (Å²) in [7, 11) is 1.63. The van der Waals surface area contributed by atoms with Crippen molar-refractivity contribution in [3.8, 4) is 11.8 Å². The molecule has 0 aliphatic heterocycles. The maximum absolute atomic E-state index is 8.92. The molecule has 0 aliphatic carbocycles. The maximum atomic E-state index is 8.92. The van der Waals surface area contributed by atoms with Crippen LogP contribution in [-0.2, 0) is 0 Å². The summed E-state index contributed by atoms with van der Waals surface area (Å²) in [6.45, 7) is 0. The van der Waals surface area contributed by atoms with Crippen molar-refractivity contribution in [2.24, 2.45) is 0 Å². The lowest BCUT2D eigenvalue weighted by Gasteiger charge is -2.17. The molecule has 0 fully saturated rings. The van der Waals surface area contributed by atoms with Crippen molar-refractivity contribution in [2.45, 2.75) is 6.04 Å². The molecule has 1 unspecified atom stereocenters. The minimum Gasteiger partial charge on any atom is -0.497 e. The highest BCUT2D eigenvalue weighted by Crippen LogP contribution is 2.26. The Kier molecular flexibility index (Phi) is 3.79. The van der Waals surface area contributed by atoms with Crippen LogP contribution in [0, 0.1) is 11.3 Å². The molecule has 0 bridgehead atoms. The van der Waals surface area contributed by atoms with Crippen LogP contribution in [0.15, 0.2) is 54.9 Å². The second-order valence-corrected chi connectivity index (χ2v) is 4.67. The number of tetrazole rings is 1. The van der Waals surface area contributed by atoms with Gasteiger partial charge in [-0.05, 0) is 40.6 Å². The molecule has 3 aromatic rings. The van der Waals surface area contributed by atoms with E-state index in [1.807, 2.05) is 36.4 Å². The van der Waals surface area contributed by atoms with Crippen LogP contribution in [0.1, 0.15) is 22.7 Å². The molecule has 108 valence electrons. The number of rotatable bonds is 4. The van der Waals surface area contributed by atoms with Crippen LogP contribution >= 0.6 is 0 Å². The standard InChI is InChI=1S/C16H13N5O/c1-22-15-8-6-14(7-9-15)16(21-19-11-18-20-21)13-4-2-12(10-17)3-5-13/h2-9,11,16H,1H3. The van der Waals surface area contributed by atoms with Gasteiger partial charge in [-0.3, -0.25) is 0 Å². The van der Waals surface area contributed by atoms with Gasteiger partial charge >= 0.3 is 0 Å². The van der Waals surface area contributed by atoms with Gasteiger partial charge in [0.2, 0.25) is 0 Å². The molecule has 0 aliphatic rings. The molecule has 22 heavy (non-hydrogen) atoms. The fourth-order valence-corrected chi connectivity index (χ4v) is 2.28. The molecule has 1 atom stereocenters. The quantitative estimate of drug-likeness (QED) is 0.736. The third-order valence-corrected chi connectivity index (χ3v) is 3.38. The van der Waals surface area contributed by atoms with Crippen molar-refractivity contribution in [1.82, 2.24) is 20.2 Å². The Balaban J connectivity index is 2.05. The van der Waals surface area contributed by atoms with Gasteiger partial charge in [0.1, 0.15) is 11.8 Å². The zero-order chi connectivity index (χ0) is 15.4. The highest BCUT2D eigenvalue weighted by Gasteiger charge is 2.18. The minimum atomic E-state index is -0.207. The minimum absolute atomic E-state index is 0.207.